The standard InChI is InChI=1S/C12H16O2/c1-14-8-9-2-3-11-7-12(13)5-4-10(11)6-9/h4-5,7,9,13H,2-3,6,8H2,1H3. The van der Waals surface area contributed by atoms with Crippen molar-refractivity contribution in [3.8, 4) is 5.75 Å². The van der Waals surface area contributed by atoms with Crippen LogP contribution in [0.25, 0.3) is 0 Å². The topological polar surface area (TPSA) is 29.5 Å². The molecule has 1 aromatic carbocycles. The van der Waals surface area contributed by atoms with Crippen LogP contribution in [-0.4, -0.2) is 18.8 Å². The average molecular weight is 192 g/mol. The number of ether oxygens (including phenoxy) is 1. The molecule has 14 heavy (non-hydrogen) atoms. The van der Waals surface area contributed by atoms with Gasteiger partial charge in [-0.15, -0.1) is 0 Å². The molecule has 76 valence electrons. The van der Waals surface area contributed by atoms with Crippen LogP contribution in [0.4, 0.5) is 0 Å². The molecule has 0 bridgehead atoms. The molecule has 0 spiro atoms. The highest BCUT2D eigenvalue weighted by Crippen LogP contribution is 2.28. The molecular weight excluding hydrogens is 176 g/mol. The number of phenols is 1. The van der Waals surface area contributed by atoms with Crippen molar-refractivity contribution >= 4 is 0 Å². The SMILES string of the molecule is COCC1CCc2cc(O)ccc2C1. The number of phenolic OH excluding ortho intramolecular Hbond substituents is 1. The molecule has 2 heteroatoms. The van der Waals surface area contributed by atoms with Crippen LogP contribution in [0.1, 0.15) is 17.5 Å². The maximum atomic E-state index is 9.33. The van der Waals surface area contributed by atoms with Crippen LogP contribution in [0.2, 0.25) is 0 Å². The van der Waals surface area contributed by atoms with E-state index in [1.165, 1.54) is 17.5 Å². The molecule has 0 aromatic heterocycles. The first-order valence-electron chi connectivity index (χ1n) is 5.09. The van der Waals surface area contributed by atoms with Crippen molar-refractivity contribution in [1.82, 2.24) is 0 Å². The Labute approximate surface area is 84.5 Å². The Kier molecular flexibility index (Phi) is 2.73. The number of aryl methyl sites for hydroxylation is 1. The monoisotopic (exact) mass is 192 g/mol. The largest absolute Gasteiger partial charge is 0.508 e. The lowest BCUT2D eigenvalue weighted by Crippen LogP contribution is -2.18. The normalized spacial score (nSPS) is 20.5. The number of rotatable bonds is 2. The van der Waals surface area contributed by atoms with Gasteiger partial charge < -0.3 is 9.84 Å². The van der Waals surface area contributed by atoms with Crippen molar-refractivity contribution in [2.75, 3.05) is 13.7 Å². The smallest absolute Gasteiger partial charge is 0.115 e. The van der Waals surface area contributed by atoms with E-state index in [1.807, 2.05) is 12.1 Å². The van der Waals surface area contributed by atoms with Crippen molar-refractivity contribution in [3.05, 3.63) is 29.3 Å². The van der Waals surface area contributed by atoms with Gasteiger partial charge in [0.15, 0.2) is 0 Å². The van der Waals surface area contributed by atoms with Gasteiger partial charge in [-0.1, -0.05) is 6.07 Å². The number of methoxy groups -OCH3 is 1. The predicted molar refractivity (Wildman–Crippen MR) is 55.5 cm³/mol. The molecule has 2 rings (SSSR count). The highest BCUT2D eigenvalue weighted by Gasteiger charge is 2.18. The Hall–Kier alpha value is -1.02. The number of hydrogen-bond acceptors (Lipinski definition) is 2. The van der Waals surface area contributed by atoms with Crippen molar-refractivity contribution < 1.29 is 9.84 Å². The fourth-order valence-electron chi connectivity index (χ4n) is 2.19. The molecule has 0 heterocycles. The molecule has 0 radical (unpaired) electrons. The third kappa shape index (κ3) is 1.90. The summed E-state index contributed by atoms with van der Waals surface area (Å²) in [6.45, 7) is 0.848. The molecule has 0 fully saturated rings. The highest BCUT2D eigenvalue weighted by molar-refractivity contribution is 5.36. The number of aromatic hydroxyl groups is 1. The van der Waals surface area contributed by atoms with E-state index in [0.29, 0.717) is 11.7 Å². The van der Waals surface area contributed by atoms with Crippen LogP contribution in [0.15, 0.2) is 18.2 Å². The molecule has 1 aromatic rings. The van der Waals surface area contributed by atoms with E-state index in [0.717, 1.165) is 19.4 Å². The summed E-state index contributed by atoms with van der Waals surface area (Å²) >= 11 is 0. The van der Waals surface area contributed by atoms with Gasteiger partial charge in [0.05, 0.1) is 0 Å². The van der Waals surface area contributed by atoms with E-state index in [-0.39, 0.29) is 0 Å². The summed E-state index contributed by atoms with van der Waals surface area (Å²) in [5.74, 6) is 1.03. The van der Waals surface area contributed by atoms with Gasteiger partial charge in [0.25, 0.3) is 0 Å². The summed E-state index contributed by atoms with van der Waals surface area (Å²) in [6, 6.07) is 5.69. The summed E-state index contributed by atoms with van der Waals surface area (Å²) in [7, 11) is 1.76. The summed E-state index contributed by atoms with van der Waals surface area (Å²) < 4.78 is 5.17. The molecule has 1 atom stereocenters. The first kappa shape index (κ1) is 9.53. The van der Waals surface area contributed by atoms with E-state index in [2.05, 4.69) is 0 Å². The summed E-state index contributed by atoms with van der Waals surface area (Å²) in [4.78, 5) is 0. The lowest BCUT2D eigenvalue weighted by Gasteiger charge is -2.23. The third-order valence-electron chi connectivity index (χ3n) is 2.92. The maximum absolute atomic E-state index is 9.33. The molecule has 0 amide bonds. The molecule has 1 unspecified atom stereocenters. The lowest BCUT2D eigenvalue weighted by molar-refractivity contribution is 0.145. The van der Waals surface area contributed by atoms with E-state index in [4.69, 9.17) is 4.74 Å². The van der Waals surface area contributed by atoms with Gasteiger partial charge in [-0.2, -0.15) is 0 Å². The van der Waals surface area contributed by atoms with Crippen LogP contribution in [-0.2, 0) is 17.6 Å². The van der Waals surface area contributed by atoms with Crippen molar-refractivity contribution in [2.24, 2.45) is 5.92 Å². The van der Waals surface area contributed by atoms with Gasteiger partial charge in [0, 0.05) is 13.7 Å². The zero-order valence-electron chi connectivity index (χ0n) is 8.49. The van der Waals surface area contributed by atoms with Crippen LogP contribution >= 0.6 is 0 Å². The molecule has 0 aliphatic heterocycles. The van der Waals surface area contributed by atoms with E-state index in [9.17, 15) is 5.11 Å². The van der Waals surface area contributed by atoms with E-state index >= 15 is 0 Å². The fourth-order valence-corrected chi connectivity index (χ4v) is 2.19. The zero-order chi connectivity index (χ0) is 9.97. The summed E-state index contributed by atoms with van der Waals surface area (Å²) in [5.41, 5.74) is 2.67. The Bertz CT molecular complexity index is 320. The second-order valence-electron chi connectivity index (χ2n) is 4.02. The predicted octanol–water partition coefficient (Wildman–Crippen LogP) is 2.14. The first-order chi connectivity index (χ1) is 6.79. The van der Waals surface area contributed by atoms with Gasteiger partial charge in [0.1, 0.15) is 5.75 Å². The van der Waals surface area contributed by atoms with Gasteiger partial charge in [0.2, 0.25) is 0 Å². The van der Waals surface area contributed by atoms with Crippen LogP contribution in [0.3, 0.4) is 0 Å². The number of hydrogen-bond donors (Lipinski definition) is 1. The van der Waals surface area contributed by atoms with Crippen molar-refractivity contribution in [2.45, 2.75) is 19.3 Å². The Morgan fingerprint density at radius 2 is 2.29 bits per heavy atom. The minimum absolute atomic E-state index is 0.383. The fraction of sp³-hybridized carbons (Fsp3) is 0.500. The molecule has 0 saturated heterocycles. The minimum atomic E-state index is 0.383. The second-order valence-corrected chi connectivity index (χ2v) is 4.02. The van der Waals surface area contributed by atoms with Crippen molar-refractivity contribution in [1.29, 1.82) is 0 Å². The second kappa shape index (κ2) is 4.01. The molecule has 1 N–H and O–H groups in total. The Morgan fingerprint density at radius 3 is 3.07 bits per heavy atom. The lowest BCUT2D eigenvalue weighted by atomic mass is 9.84. The number of fused-ring (bicyclic) bond motifs is 1. The van der Waals surface area contributed by atoms with E-state index < -0.39 is 0 Å². The first-order valence-corrected chi connectivity index (χ1v) is 5.09. The van der Waals surface area contributed by atoms with Crippen LogP contribution < -0.4 is 0 Å². The highest BCUT2D eigenvalue weighted by atomic mass is 16.5. The molecule has 1 aliphatic carbocycles. The summed E-state index contributed by atoms with van der Waals surface area (Å²) in [5, 5.41) is 9.33. The van der Waals surface area contributed by atoms with Gasteiger partial charge >= 0.3 is 0 Å². The molecule has 2 nitrogen and oxygen atoms in total. The maximum Gasteiger partial charge on any atom is 0.115 e. The molecular formula is C12H16O2. The minimum Gasteiger partial charge on any atom is -0.508 e. The molecule has 1 aliphatic rings. The van der Waals surface area contributed by atoms with Crippen LogP contribution in [0.5, 0.6) is 5.75 Å². The van der Waals surface area contributed by atoms with Gasteiger partial charge in [-0.25, -0.2) is 0 Å². The Balaban J connectivity index is 2.15. The van der Waals surface area contributed by atoms with Crippen molar-refractivity contribution in [3.63, 3.8) is 0 Å². The average Bonchev–Trinajstić information content (AvgIpc) is 2.19. The van der Waals surface area contributed by atoms with Gasteiger partial charge in [-0.05, 0) is 48.4 Å². The molecule has 0 saturated carbocycles. The number of benzene rings is 1. The third-order valence-corrected chi connectivity index (χ3v) is 2.92. The summed E-state index contributed by atoms with van der Waals surface area (Å²) in [6.07, 6.45) is 3.32. The Morgan fingerprint density at radius 1 is 1.43 bits per heavy atom. The van der Waals surface area contributed by atoms with Crippen LogP contribution in [0, 0.1) is 5.92 Å². The zero-order valence-corrected chi connectivity index (χ0v) is 8.49. The quantitative estimate of drug-likeness (QED) is 0.778. The van der Waals surface area contributed by atoms with E-state index in [1.54, 1.807) is 13.2 Å². The van der Waals surface area contributed by atoms with Gasteiger partial charge in [-0.3, -0.25) is 0 Å².